The van der Waals surface area contributed by atoms with Gasteiger partial charge >= 0.3 is 0 Å². The summed E-state index contributed by atoms with van der Waals surface area (Å²) in [6.07, 6.45) is -1.99. The molecule has 0 amide bonds. The Hall–Kier alpha value is -1.06. The number of halogens is 2. The second kappa shape index (κ2) is 6.15. The van der Waals surface area contributed by atoms with E-state index in [1.54, 1.807) is 0 Å². The zero-order valence-electron chi connectivity index (χ0n) is 10.9. The molecule has 114 valence electrons. The highest BCUT2D eigenvalue weighted by Gasteiger charge is 2.26. The third kappa shape index (κ3) is 4.22. The lowest BCUT2D eigenvalue weighted by atomic mass is 10.3. The van der Waals surface area contributed by atoms with E-state index in [9.17, 15) is 25.6 Å². The van der Waals surface area contributed by atoms with Crippen LogP contribution < -0.4 is 4.72 Å². The van der Waals surface area contributed by atoms with Crippen molar-refractivity contribution in [2.45, 2.75) is 35.6 Å². The maximum absolute atomic E-state index is 12.6. The van der Waals surface area contributed by atoms with Crippen LogP contribution in [-0.2, 0) is 19.9 Å². The van der Waals surface area contributed by atoms with E-state index >= 15 is 0 Å². The van der Waals surface area contributed by atoms with Gasteiger partial charge in [0.25, 0.3) is 6.43 Å². The maximum Gasteiger partial charge on any atom is 0.254 e. The fourth-order valence-corrected chi connectivity index (χ4v) is 3.54. The molecule has 1 aromatic rings. The van der Waals surface area contributed by atoms with Crippen LogP contribution in [0.1, 0.15) is 13.3 Å². The van der Waals surface area contributed by atoms with Crippen LogP contribution in [0.2, 0.25) is 0 Å². The first-order valence-electron chi connectivity index (χ1n) is 5.68. The zero-order chi connectivity index (χ0) is 15.6. The number of hydrogen-bond acceptors (Lipinski definition) is 4. The van der Waals surface area contributed by atoms with Crippen LogP contribution in [0, 0.1) is 0 Å². The van der Waals surface area contributed by atoms with E-state index in [0.717, 1.165) is 18.4 Å². The first-order valence-corrected chi connectivity index (χ1v) is 9.06. The molecule has 0 saturated carbocycles. The molecule has 0 bridgehead atoms. The molecular weight excluding hydrogens is 312 g/mol. The number of sulfone groups is 1. The van der Waals surface area contributed by atoms with Crippen LogP contribution in [0.15, 0.2) is 34.1 Å². The summed E-state index contributed by atoms with van der Waals surface area (Å²) in [6, 6.07) is 3.06. The molecule has 1 atom stereocenters. The van der Waals surface area contributed by atoms with Gasteiger partial charge in [-0.05, 0) is 24.6 Å². The molecule has 0 aliphatic heterocycles. The topological polar surface area (TPSA) is 80.3 Å². The SMILES string of the molecule is CC[C@@H](NS(=O)(=O)c1cccc(S(C)(=O)=O)c1)C(F)F. The molecule has 0 radical (unpaired) electrons. The summed E-state index contributed by atoms with van der Waals surface area (Å²) >= 11 is 0. The Labute approximate surface area is 117 Å². The largest absolute Gasteiger partial charge is 0.254 e. The van der Waals surface area contributed by atoms with Crippen molar-refractivity contribution in [1.82, 2.24) is 4.72 Å². The number of hydrogen-bond donors (Lipinski definition) is 1. The minimum atomic E-state index is -4.19. The molecule has 0 heterocycles. The highest BCUT2D eigenvalue weighted by atomic mass is 32.2. The molecule has 0 aliphatic carbocycles. The summed E-state index contributed by atoms with van der Waals surface area (Å²) in [4.78, 5) is -0.551. The van der Waals surface area contributed by atoms with Crippen LogP contribution >= 0.6 is 0 Å². The Kier molecular flexibility index (Phi) is 5.22. The van der Waals surface area contributed by atoms with Crippen molar-refractivity contribution in [3.63, 3.8) is 0 Å². The van der Waals surface area contributed by atoms with Crippen molar-refractivity contribution in [2.75, 3.05) is 6.26 Å². The average molecular weight is 327 g/mol. The van der Waals surface area contributed by atoms with Crippen molar-refractivity contribution >= 4 is 19.9 Å². The van der Waals surface area contributed by atoms with Crippen molar-refractivity contribution in [2.24, 2.45) is 0 Å². The van der Waals surface area contributed by atoms with Gasteiger partial charge in [0.2, 0.25) is 10.0 Å². The molecule has 1 aromatic carbocycles. The van der Waals surface area contributed by atoms with Gasteiger partial charge in [-0.3, -0.25) is 0 Å². The Morgan fingerprint density at radius 3 is 2.15 bits per heavy atom. The normalized spacial score (nSPS) is 14.4. The molecule has 0 saturated heterocycles. The second-order valence-electron chi connectivity index (χ2n) is 4.22. The number of nitrogens with one attached hydrogen (secondary N) is 1. The van der Waals surface area contributed by atoms with Crippen molar-refractivity contribution in [3.8, 4) is 0 Å². The lowest BCUT2D eigenvalue weighted by molar-refractivity contribution is 0.107. The Morgan fingerprint density at radius 1 is 1.15 bits per heavy atom. The summed E-state index contributed by atoms with van der Waals surface area (Å²) in [5.74, 6) is 0. The van der Waals surface area contributed by atoms with Gasteiger partial charge in [-0.2, -0.15) is 0 Å². The van der Waals surface area contributed by atoms with E-state index in [-0.39, 0.29) is 16.2 Å². The highest BCUT2D eigenvalue weighted by molar-refractivity contribution is 7.91. The third-order valence-corrected chi connectivity index (χ3v) is 5.19. The van der Waals surface area contributed by atoms with Crippen LogP contribution in [0.5, 0.6) is 0 Å². The third-order valence-electron chi connectivity index (χ3n) is 2.59. The molecule has 20 heavy (non-hydrogen) atoms. The molecule has 0 aliphatic rings. The van der Waals surface area contributed by atoms with Gasteiger partial charge in [0.1, 0.15) is 0 Å². The van der Waals surface area contributed by atoms with Gasteiger partial charge in [-0.15, -0.1) is 0 Å². The van der Waals surface area contributed by atoms with Gasteiger partial charge in [-0.25, -0.2) is 30.3 Å². The van der Waals surface area contributed by atoms with Crippen LogP contribution in [0.4, 0.5) is 8.78 Å². The van der Waals surface area contributed by atoms with Crippen molar-refractivity contribution in [3.05, 3.63) is 24.3 Å². The second-order valence-corrected chi connectivity index (χ2v) is 7.95. The van der Waals surface area contributed by atoms with Gasteiger partial charge in [0.05, 0.1) is 15.8 Å². The first-order chi connectivity index (χ1) is 9.08. The predicted octanol–water partition coefficient (Wildman–Crippen LogP) is 1.41. The molecule has 0 spiro atoms. The Bertz CT molecular complexity index is 671. The number of benzene rings is 1. The van der Waals surface area contributed by atoms with E-state index in [1.165, 1.54) is 19.1 Å². The molecule has 5 nitrogen and oxygen atoms in total. The molecule has 1 rings (SSSR count). The molecule has 0 aromatic heterocycles. The zero-order valence-corrected chi connectivity index (χ0v) is 12.5. The highest BCUT2D eigenvalue weighted by Crippen LogP contribution is 2.17. The average Bonchev–Trinajstić information content (AvgIpc) is 2.35. The summed E-state index contributed by atoms with van der Waals surface area (Å²) in [7, 11) is -7.77. The van der Waals surface area contributed by atoms with Crippen LogP contribution in [0.25, 0.3) is 0 Å². The fraction of sp³-hybridized carbons (Fsp3) is 0.455. The van der Waals surface area contributed by atoms with Crippen molar-refractivity contribution in [1.29, 1.82) is 0 Å². The monoisotopic (exact) mass is 327 g/mol. The summed E-state index contributed by atoms with van der Waals surface area (Å²) in [5.41, 5.74) is 0. The molecule has 0 fully saturated rings. The first kappa shape index (κ1) is 17.0. The van der Waals surface area contributed by atoms with Crippen LogP contribution in [0.3, 0.4) is 0 Å². The molecule has 9 heteroatoms. The Morgan fingerprint density at radius 2 is 1.70 bits per heavy atom. The number of alkyl halides is 2. The smallest absolute Gasteiger partial charge is 0.224 e. The molecular formula is C11H15F2NO4S2. The summed E-state index contributed by atoms with van der Waals surface area (Å²) < 4.78 is 73.7. The van der Waals surface area contributed by atoms with Gasteiger partial charge in [-0.1, -0.05) is 13.0 Å². The molecule has 1 N–H and O–H groups in total. The Balaban J connectivity index is 3.17. The van der Waals surface area contributed by atoms with Crippen LogP contribution in [-0.4, -0.2) is 35.6 Å². The van der Waals surface area contributed by atoms with Gasteiger partial charge in [0, 0.05) is 6.26 Å². The standard InChI is InChI=1S/C11H15F2NO4S2/c1-3-10(11(12)13)14-20(17,18)9-6-4-5-8(7-9)19(2,15)16/h4-7,10-11,14H,3H2,1-2H3/t10-/m1/s1. The van der Waals surface area contributed by atoms with E-state index in [2.05, 4.69) is 0 Å². The lowest BCUT2D eigenvalue weighted by Crippen LogP contribution is -2.39. The minimum absolute atomic E-state index is 0.0807. The summed E-state index contributed by atoms with van der Waals surface area (Å²) in [6.45, 7) is 1.42. The summed E-state index contributed by atoms with van der Waals surface area (Å²) in [5, 5.41) is 0. The van der Waals surface area contributed by atoms with E-state index in [1.807, 2.05) is 4.72 Å². The van der Waals surface area contributed by atoms with Crippen molar-refractivity contribution < 1.29 is 25.6 Å². The van der Waals surface area contributed by atoms with E-state index < -0.39 is 32.3 Å². The number of sulfonamides is 1. The fourth-order valence-electron chi connectivity index (χ4n) is 1.45. The van der Waals surface area contributed by atoms with E-state index in [4.69, 9.17) is 0 Å². The quantitative estimate of drug-likeness (QED) is 0.857. The lowest BCUT2D eigenvalue weighted by Gasteiger charge is -2.16. The number of rotatable bonds is 6. The van der Waals surface area contributed by atoms with Gasteiger partial charge < -0.3 is 0 Å². The minimum Gasteiger partial charge on any atom is -0.224 e. The van der Waals surface area contributed by atoms with E-state index in [0.29, 0.717) is 0 Å². The maximum atomic E-state index is 12.6. The molecule has 0 unspecified atom stereocenters. The van der Waals surface area contributed by atoms with Gasteiger partial charge in [0.15, 0.2) is 9.84 Å². The predicted molar refractivity (Wildman–Crippen MR) is 70.0 cm³/mol.